The molecule has 2 aromatic carbocycles. The highest BCUT2D eigenvalue weighted by molar-refractivity contribution is 5.99. The zero-order valence-electron chi connectivity index (χ0n) is 13.1. The molecule has 25 heavy (non-hydrogen) atoms. The fraction of sp³-hybridized carbons (Fsp3) is 0.222. The van der Waals surface area contributed by atoms with Gasteiger partial charge in [-0.05, 0) is 36.2 Å². The number of rotatable bonds is 5. The molecular weight excluding hydrogens is 333 g/mol. The highest BCUT2D eigenvalue weighted by Gasteiger charge is 2.48. The van der Waals surface area contributed by atoms with Crippen LogP contribution in [-0.2, 0) is 16.1 Å². The lowest BCUT2D eigenvalue weighted by atomic mass is 10.2. The van der Waals surface area contributed by atoms with Crippen molar-refractivity contribution in [3.63, 3.8) is 0 Å². The summed E-state index contributed by atoms with van der Waals surface area (Å²) in [4.78, 5) is 24.1. The molecule has 1 aliphatic carbocycles. The topological polar surface area (TPSA) is 58.2 Å². The molecule has 2 aromatic rings. The van der Waals surface area contributed by atoms with Crippen LogP contribution in [0.15, 0.2) is 42.5 Å². The number of para-hydroxylation sites is 1. The third-order valence-electron chi connectivity index (χ3n) is 4.05. The van der Waals surface area contributed by atoms with Gasteiger partial charge in [0.15, 0.2) is 0 Å². The molecule has 0 aliphatic heterocycles. The van der Waals surface area contributed by atoms with Crippen molar-refractivity contribution in [3.05, 3.63) is 65.5 Å². The number of hydrogen-bond donors (Lipinski definition) is 2. The van der Waals surface area contributed by atoms with Crippen LogP contribution < -0.4 is 10.6 Å². The quantitative estimate of drug-likeness (QED) is 0.873. The van der Waals surface area contributed by atoms with E-state index in [4.69, 9.17) is 0 Å². The number of anilines is 1. The van der Waals surface area contributed by atoms with Crippen molar-refractivity contribution in [1.82, 2.24) is 5.32 Å². The average Bonchev–Trinajstić information content (AvgIpc) is 3.38. The van der Waals surface area contributed by atoms with Crippen molar-refractivity contribution in [1.29, 1.82) is 0 Å². The second kappa shape index (κ2) is 6.96. The highest BCUT2D eigenvalue weighted by atomic mass is 19.1. The van der Waals surface area contributed by atoms with E-state index in [0.29, 0.717) is 6.42 Å². The van der Waals surface area contributed by atoms with E-state index >= 15 is 0 Å². The predicted molar refractivity (Wildman–Crippen MR) is 84.8 cm³/mol. The van der Waals surface area contributed by atoms with Crippen LogP contribution in [0.25, 0.3) is 0 Å². The maximum atomic E-state index is 13.5. The van der Waals surface area contributed by atoms with Crippen LogP contribution in [0.1, 0.15) is 12.0 Å². The molecular formula is C18H15F3N2O2. The van der Waals surface area contributed by atoms with Crippen molar-refractivity contribution in [2.24, 2.45) is 11.8 Å². The summed E-state index contributed by atoms with van der Waals surface area (Å²) < 4.78 is 39.9. The van der Waals surface area contributed by atoms with Gasteiger partial charge in [0.05, 0.1) is 11.8 Å². The van der Waals surface area contributed by atoms with Gasteiger partial charge >= 0.3 is 0 Å². The Labute approximate surface area is 142 Å². The zero-order chi connectivity index (χ0) is 18.0. The summed E-state index contributed by atoms with van der Waals surface area (Å²) in [6.45, 7) is 0.214. The normalized spacial score (nSPS) is 18.5. The molecule has 3 rings (SSSR count). The smallest absolute Gasteiger partial charge is 0.228 e. The molecule has 1 aliphatic rings. The minimum absolute atomic E-state index is 0.214. The van der Waals surface area contributed by atoms with Gasteiger partial charge < -0.3 is 10.6 Å². The third-order valence-corrected chi connectivity index (χ3v) is 4.05. The van der Waals surface area contributed by atoms with Crippen LogP contribution in [0, 0.1) is 29.3 Å². The molecule has 0 spiro atoms. The van der Waals surface area contributed by atoms with Gasteiger partial charge in [0.25, 0.3) is 0 Å². The molecule has 7 heteroatoms. The van der Waals surface area contributed by atoms with Gasteiger partial charge in [-0.25, -0.2) is 13.2 Å². The maximum Gasteiger partial charge on any atom is 0.228 e. The van der Waals surface area contributed by atoms with Crippen molar-refractivity contribution in [2.45, 2.75) is 13.0 Å². The molecule has 130 valence electrons. The Kier molecular flexibility index (Phi) is 4.74. The van der Waals surface area contributed by atoms with E-state index in [2.05, 4.69) is 10.6 Å². The second-order valence-corrected chi connectivity index (χ2v) is 5.88. The number of carbonyl (C=O) groups is 2. The van der Waals surface area contributed by atoms with E-state index in [1.54, 1.807) is 12.1 Å². The van der Waals surface area contributed by atoms with Gasteiger partial charge in [-0.3, -0.25) is 9.59 Å². The molecule has 0 radical (unpaired) electrons. The summed E-state index contributed by atoms with van der Waals surface area (Å²) in [7, 11) is 0. The molecule has 0 bridgehead atoms. The summed E-state index contributed by atoms with van der Waals surface area (Å²) in [6.07, 6.45) is 0.317. The minimum Gasteiger partial charge on any atom is -0.352 e. The van der Waals surface area contributed by atoms with Gasteiger partial charge in [0.1, 0.15) is 23.1 Å². The van der Waals surface area contributed by atoms with Crippen LogP contribution in [0.5, 0.6) is 0 Å². The number of amides is 2. The van der Waals surface area contributed by atoms with E-state index in [-0.39, 0.29) is 18.3 Å². The molecule has 0 heterocycles. The fourth-order valence-corrected chi connectivity index (χ4v) is 2.53. The lowest BCUT2D eigenvalue weighted by molar-refractivity contribution is -0.125. The molecule has 0 aromatic heterocycles. The Morgan fingerprint density at radius 3 is 2.16 bits per heavy atom. The maximum absolute atomic E-state index is 13.5. The molecule has 1 saturated carbocycles. The zero-order valence-corrected chi connectivity index (χ0v) is 13.1. The predicted octanol–water partition coefficient (Wildman–Crippen LogP) is 2.99. The van der Waals surface area contributed by atoms with E-state index in [9.17, 15) is 22.8 Å². The van der Waals surface area contributed by atoms with Crippen molar-refractivity contribution in [3.8, 4) is 0 Å². The van der Waals surface area contributed by atoms with Crippen molar-refractivity contribution in [2.75, 3.05) is 5.32 Å². The van der Waals surface area contributed by atoms with E-state index < -0.39 is 35.1 Å². The molecule has 2 atom stereocenters. The van der Waals surface area contributed by atoms with Gasteiger partial charge in [0.2, 0.25) is 11.8 Å². The van der Waals surface area contributed by atoms with Crippen molar-refractivity contribution < 1.29 is 22.8 Å². The molecule has 0 saturated heterocycles. The van der Waals surface area contributed by atoms with E-state index in [1.165, 1.54) is 18.2 Å². The standard InChI is InChI=1S/C18H15F3N2O2/c19-11-6-4-10(5-7-11)9-22-17(24)12-8-13(12)18(25)23-16-14(20)2-1-3-15(16)21/h1-7,12-13H,8-9H2,(H,22,24)(H,23,25). The summed E-state index contributed by atoms with van der Waals surface area (Å²) in [6, 6.07) is 8.96. The first kappa shape index (κ1) is 17.0. The minimum atomic E-state index is -0.869. The van der Waals surface area contributed by atoms with Crippen LogP contribution in [0.3, 0.4) is 0 Å². The van der Waals surface area contributed by atoms with Gasteiger partial charge in [-0.15, -0.1) is 0 Å². The van der Waals surface area contributed by atoms with Crippen LogP contribution in [0.2, 0.25) is 0 Å². The van der Waals surface area contributed by atoms with Gasteiger partial charge in [-0.1, -0.05) is 18.2 Å². The van der Waals surface area contributed by atoms with Crippen LogP contribution in [0.4, 0.5) is 18.9 Å². The van der Waals surface area contributed by atoms with Crippen LogP contribution >= 0.6 is 0 Å². The number of hydrogen-bond acceptors (Lipinski definition) is 2. The Morgan fingerprint density at radius 1 is 0.920 bits per heavy atom. The Bertz CT molecular complexity index is 788. The largest absolute Gasteiger partial charge is 0.352 e. The Balaban J connectivity index is 1.52. The van der Waals surface area contributed by atoms with Crippen molar-refractivity contribution >= 4 is 17.5 Å². The lowest BCUT2D eigenvalue weighted by Gasteiger charge is -2.08. The second-order valence-electron chi connectivity index (χ2n) is 5.88. The summed E-state index contributed by atoms with van der Waals surface area (Å²) >= 11 is 0. The number of halogens is 3. The average molecular weight is 348 g/mol. The number of benzene rings is 2. The fourth-order valence-electron chi connectivity index (χ4n) is 2.53. The van der Waals surface area contributed by atoms with Gasteiger partial charge in [-0.2, -0.15) is 0 Å². The third kappa shape index (κ3) is 3.99. The Morgan fingerprint density at radius 2 is 1.52 bits per heavy atom. The lowest BCUT2D eigenvalue weighted by Crippen LogP contribution is -2.27. The first-order valence-electron chi connectivity index (χ1n) is 7.72. The summed E-state index contributed by atoms with van der Waals surface area (Å²) in [5.74, 6) is -4.17. The molecule has 4 nitrogen and oxygen atoms in total. The summed E-state index contributed by atoms with van der Waals surface area (Å²) in [5.41, 5.74) is 0.217. The summed E-state index contributed by atoms with van der Waals surface area (Å²) in [5, 5.41) is 4.86. The van der Waals surface area contributed by atoms with E-state index in [0.717, 1.165) is 17.7 Å². The monoisotopic (exact) mass is 348 g/mol. The molecule has 1 fully saturated rings. The molecule has 2 N–H and O–H groups in total. The van der Waals surface area contributed by atoms with Gasteiger partial charge in [0, 0.05) is 6.54 Å². The molecule has 2 amide bonds. The number of carbonyl (C=O) groups excluding carboxylic acids is 2. The first-order valence-corrected chi connectivity index (χ1v) is 7.72. The SMILES string of the molecule is O=C(NCc1ccc(F)cc1)C1CC1C(=O)Nc1c(F)cccc1F. The molecule has 2 unspecified atom stereocenters. The number of nitrogens with one attached hydrogen (secondary N) is 2. The van der Waals surface area contributed by atoms with Crippen LogP contribution in [-0.4, -0.2) is 11.8 Å². The first-order chi connectivity index (χ1) is 12.0. The highest BCUT2D eigenvalue weighted by Crippen LogP contribution is 2.39. The van der Waals surface area contributed by atoms with E-state index in [1.807, 2.05) is 0 Å². The Hall–Kier alpha value is -2.83.